The van der Waals surface area contributed by atoms with Crippen LogP contribution in [0.5, 0.6) is 0 Å². The number of hydrogen-bond donors (Lipinski definition) is 2. The Morgan fingerprint density at radius 1 is 1.39 bits per heavy atom. The molecule has 0 bridgehead atoms. The molecule has 2 N–H and O–H groups in total. The molecule has 1 aromatic carbocycles. The van der Waals surface area contributed by atoms with Gasteiger partial charge >= 0.3 is 0 Å². The summed E-state index contributed by atoms with van der Waals surface area (Å²) in [6.07, 6.45) is 4.00. The molecule has 3 rings (SSSR count). The van der Waals surface area contributed by atoms with Crippen molar-refractivity contribution in [2.45, 2.75) is 25.4 Å². The fourth-order valence-corrected chi connectivity index (χ4v) is 2.63. The Kier molecular flexibility index (Phi) is 6.12. The lowest BCUT2D eigenvalue weighted by Gasteiger charge is -2.22. The highest BCUT2D eigenvalue weighted by Crippen LogP contribution is 2.15. The lowest BCUT2D eigenvalue weighted by atomic mass is 10.1. The van der Waals surface area contributed by atoms with E-state index < -0.39 is 0 Å². The zero-order valence-electron chi connectivity index (χ0n) is 12.7. The molecule has 0 spiro atoms. The van der Waals surface area contributed by atoms with E-state index in [4.69, 9.17) is 0 Å². The molecule has 1 aromatic heterocycles. The number of piperidine rings is 1. The maximum atomic E-state index is 13.5. The Balaban J connectivity index is 0.00000192. The van der Waals surface area contributed by atoms with E-state index in [-0.39, 0.29) is 30.7 Å². The van der Waals surface area contributed by atoms with Gasteiger partial charge in [-0.1, -0.05) is 18.2 Å². The van der Waals surface area contributed by atoms with Gasteiger partial charge in [0.1, 0.15) is 11.5 Å². The van der Waals surface area contributed by atoms with Gasteiger partial charge in [0.15, 0.2) is 0 Å². The summed E-state index contributed by atoms with van der Waals surface area (Å²) in [6, 6.07) is 8.40. The second kappa shape index (κ2) is 8.08. The van der Waals surface area contributed by atoms with Crippen molar-refractivity contribution in [1.29, 1.82) is 0 Å². The number of nitrogens with zero attached hydrogens (tertiary/aromatic N) is 2. The van der Waals surface area contributed by atoms with Crippen LogP contribution in [0.15, 0.2) is 36.5 Å². The summed E-state index contributed by atoms with van der Waals surface area (Å²) >= 11 is 0. The van der Waals surface area contributed by atoms with Crippen LogP contribution in [0.2, 0.25) is 0 Å². The van der Waals surface area contributed by atoms with Gasteiger partial charge in [0.2, 0.25) is 0 Å². The molecule has 5 nitrogen and oxygen atoms in total. The predicted octanol–water partition coefficient (Wildman–Crippen LogP) is 2.30. The van der Waals surface area contributed by atoms with E-state index in [1.807, 2.05) is 10.9 Å². The molecule has 124 valence electrons. The number of rotatable bonds is 4. The molecular formula is C16H20ClFN4O. The zero-order valence-corrected chi connectivity index (χ0v) is 13.5. The summed E-state index contributed by atoms with van der Waals surface area (Å²) in [5.74, 6) is -0.604. The number of amides is 1. The molecule has 23 heavy (non-hydrogen) atoms. The third-order valence-electron chi connectivity index (χ3n) is 3.88. The average molecular weight is 339 g/mol. The molecule has 1 aliphatic rings. The van der Waals surface area contributed by atoms with E-state index in [0.717, 1.165) is 25.9 Å². The van der Waals surface area contributed by atoms with Gasteiger partial charge in [-0.3, -0.25) is 9.48 Å². The van der Waals surface area contributed by atoms with E-state index in [1.54, 1.807) is 24.3 Å². The SMILES string of the molecule is Cl.O=C(NCc1ccccc1F)c1ccn(C2CCCNC2)n1. The summed E-state index contributed by atoms with van der Waals surface area (Å²) in [5.41, 5.74) is 0.827. The number of carbonyl (C=O) groups excluding carboxylic acids is 1. The molecule has 2 aromatic rings. The van der Waals surface area contributed by atoms with Crippen molar-refractivity contribution in [3.05, 3.63) is 53.6 Å². The van der Waals surface area contributed by atoms with E-state index in [2.05, 4.69) is 15.7 Å². The van der Waals surface area contributed by atoms with Gasteiger partial charge in [0.05, 0.1) is 6.04 Å². The molecule has 1 saturated heterocycles. The van der Waals surface area contributed by atoms with Gasteiger partial charge in [-0.05, 0) is 31.5 Å². The molecule has 1 fully saturated rings. The fraction of sp³-hybridized carbons (Fsp3) is 0.375. The first kappa shape index (κ1) is 17.4. The predicted molar refractivity (Wildman–Crippen MR) is 88.2 cm³/mol. The standard InChI is InChI=1S/C16H19FN4O.ClH/c17-14-6-2-1-4-12(14)10-19-16(22)15-7-9-21(20-15)13-5-3-8-18-11-13;/h1-2,4,6-7,9,13,18H,3,5,8,10-11H2,(H,19,22);1H. The maximum absolute atomic E-state index is 13.5. The lowest BCUT2D eigenvalue weighted by molar-refractivity contribution is 0.0944. The summed E-state index contributed by atoms with van der Waals surface area (Å²) < 4.78 is 15.3. The third kappa shape index (κ3) is 4.30. The van der Waals surface area contributed by atoms with Gasteiger partial charge in [-0.2, -0.15) is 5.10 Å². The third-order valence-corrected chi connectivity index (χ3v) is 3.88. The van der Waals surface area contributed by atoms with Crippen LogP contribution in [0.25, 0.3) is 0 Å². The van der Waals surface area contributed by atoms with Crippen LogP contribution in [0.1, 0.15) is 34.9 Å². The van der Waals surface area contributed by atoms with Crippen LogP contribution >= 0.6 is 12.4 Å². The summed E-state index contributed by atoms with van der Waals surface area (Å²) in [6.45, 7) is 2.06. The minimum atomic E-state index is -0.318. The first-order chi connectivity index (χ1) is 10.7. The normalized spacial score (nSPS) is 17.3. The monoisotopic (exact) mass is 338 g/mol. The van der Waals surface area contributed by atoms with Crippen molar-refractivity contribution >= 4 is 18.3 Å². The minimum Gasteiger partial charge on any atom is -0.346 e. The van der Waals surface area contributed by atoms with Gasteiger partial charge in [-0.15, -0.1) is 12.4 Å². The Bertz CT molecular complexity index is 655. The Hall–Kier alpha value is -1.92. The van der Waals surface area contributed by atoms with E-state index >= 15 is 0 Å². The maximum Gasteiger partial charge on any atom is 0.272 e. The van der Waals surface area contributed by atoms with Gasteiger partial charge in [-0.25, -0.2) is 4.39 Å². The lowest BCUT2D eigenvalue weighted by Crippen LogP contribution is -2.32. The first-order valence-corrected chi connectivity index (χ1v) is 7.51. The molecule has 2 heterocycles. The van der Waals surface area contributed by atoms with Crippen molar-refractivity contribution in [2.24, 2.45) is 0 Å². The Labute approximate surface area is 140 Å². The molecule has 1 amide bonds. The quantitative estimate of drug-likeness (QED) is 0.899. The highest BCUT2D eigenvalue weighted by molar-refractivity contribution is 5.92. The minimum absolute atomic E-state index is 0. The van der Waals surface area contributed by atoms with Crippen LogP contribution in [-0.2, 0) is 6.54 Å². The molecule has 7 heteroatoms. The Morgan fingerprint density at radius 3 is 2.96 bits per heavy atom. The average Bonchev–Trinajstić information content (AvgIpc) is 3.05. The fourth-order valence-electron chi connectivity index (χ4n) is 2.63. The van der Waals surface area contributed by atoms with E-state index in [1.165, 1.54) is 6.07 Å². The number of benzene rings is 1. The molecule has 1 aliphatic heterocycles. The van der Waals surface area contributed by atoms with Crippen molar-refractivity contribution in [3.8, 4) is 0 Å². The number of halogens is 2. The summed E-state index contributed by atoms with van der Waals surface area (Å²) in [5, 5.41) is 10.4. The van der Waals surface area contributed by atoms with Gasteiger partial charge in [0.25, 0.3) is 5.91 Å². The van der Waals surface area contributed by atoms with E-state index in [0.29, 0.717) is 17.3 Å². The van der Waals surface area contributed by atoms with Crippen molar-refractivity contribution in [3.63, 3.8) is 0 Å². The van der Waals surface area contributed by atoms with Crippen LogP contribution in [0.4, 0.5) is 4.39 Å². The molecule has 1 unspecified atom stereocenters. The highest BCUT2D eigenvalue weighted by Gasteiger charge is 2.17. The highest BCUT2D eigenvalue weighted by atomic mass is 35.5. The van der Waals surface area contributed by atoms with Gasteiger partial charge in [0, 0.05) is 24.8 Å². The van der Waals surface area contributed by atoms with Crippen LogP contribution in [0.3, 0.4) is 0 Å². The number of nitrogens with one attached hydrogen (secondary N) is 2. The molecule has 0 radical (unpaired) electrons. The van der Waals surface area contributed by atoms with Crippen molar-refractivity contribution in [2.75, 3.05) is 13.1 Å². The smallest absolute Gasteiger partial charge is 0.272 e. The van der Waals surface area contributed by atoms with Crippen LogP contribution in [-0.4, -0.2) is 28.8 Å². The molecule has 1 atom stereocenters. The summed E-state index contributed by atoms with van der Waals surface area (Å²) in [4.78, 5) is 12.1. The number of aromatic nitrogens is 2. The van der Waals surface area contributed by atoms with Crippen LogP contribution in [0, 0.1) is 5.82 Å². The second-order valence-electron chi connectivity index (χ2n) is 5.46. The topological polar surface area (TPSA) is 59.0 Å². The first-order valence-electron chi connectivity index (χ1n) is 7.51. The molecule has 0 aliphatic carbocycles. The number of carbonyl (C=O) groups is 1. The summed E-state index contributed by atoms with van der Waals surface area (Å²) in [7, 11) is 0. The molecule has 0 saturated carbocycles. The van der Waals surface area contributed by atoms with E-state index in [9.17, 15) is 9.18 Å². The van der Waals surface area contributed by atoms with Crippen molar-refractivity contribution < 1.29 is 9.18 Å². The number of hydrogen-bond acceptors (Lipinski definition) is 3. The van der Waals surface area contributed by atoms with Crippen molar-refractivity contribution in [1.82, 2.24) is 20.4 Å². The van der Waals surface area contributed by atoms with Crippen LogP contribution < -0.4 is 10.6 Å². The Morgan fingerprint density at radius 2 is 2.22 bits per heavy atom. The van der Waals surface area contributed by atoms with Gasteiger partial charge < -0.3 is 10.6 Å². The zero-order chi connectivity index (χ0) is 15.4. The molecular weight excluding hydrogens is 319 g/mol. The largest absolute Gasteiger partial charge is 0.346 e. The second-order valence-corrected chi connectivity index (χ2v) is 5.46.